The summed E-state index contributed by atoms with van der Waals surface area (Å²) in [7, 11) is 1.59. The molecule has 3 heterocycles. The molecular weight excluding hydrogens is 521 g/mol. The number of Topliss-reactive ketones (excluding diaryl/α,β-unsaturated/α-hetero) is 1. The third-order valence-electron chi connectivity index (χ3n) is 5.93. The van der Waals surface area contributed by atoms with Gasteiger partial charge in [0.25, 0.3) is 5.56 Å². The first-order chi connectivity index (χ1) is 18.3. The monoisotopic (exact) mass is 550 g/mol. The number of nitrogens with zero attached hydrogens (tertiary/aromatic N) is 5. The molecule has 0 aliphatic carbocycles. The zero-order chi connectivity index (χ0) is 28.9. The van der Waals surface area contributed by atoms with Crippen molar-refractivity contribution in [2.45, 2.75) is 33.1 Å². The highest BCUT2D eigenvalue weighted by molar-refractivity contribution is 5.95. The van der Waals surface area contributed by atoms with Gasteiger partial charge in [-0.25, -0.2) is 9.59 Å². The van der Waals surface area contributed by atoms with Gasteiger partial charge in [-0.15, -0.1) is 0 Å². The predicted octanol–water partition coefficient (Wildman–Crippen LogP) is 1.79. The van der Waals surface area contributed by atoms with Crippen LogP contribution in [0.5, 0.6) is 0 Å². The van der Waals surface area contributed by atoms with Gasteiger partial charge in [0, 0.05) is 45.3 Å². The Balaban J connectivity index is 0.000000532. The highest BCUT2D eigenvalue weighted by Gasteiger charge is 2.38. The third kappa shape index (κ3) is 6.82. The van der Waals surface area contributed by atoms with E-state index in [1.165, 1.54) is 4.57 Å². The Kier molecular flexibility index (Phi) is 9.11. The molecule has 1 fully saturated rings. The van der Waals surface area contributed by atoms with Crippen molar-refractivity contribution >= 4 is 28.9 Å². The molecule has 0 atom stereocenters. The van der Waals surface area contributed by atoms with Gasteiger partial charge in [0.1, 0.15) is 0 Å². The number of hydrogen-bond donors (Lipinski definition) is 2. The second kappa shape index (κ2) is 12.1. The van der Waals surface area contributed by atoms with Gasteiger partial charge in [-0.05, 0) is 13.8 Å². The number of halogens is 3. The Morgan fingerprint density at radius 2 is 1.67 bits per heavy atom. The Morgan fingerprint density at radius 1 is 1.08 bits per heavy atom. The molecule has 0 amide bonds. The van der Waals surface area contributed by atoms with Gasteiger partial charge >= 0.3 is 17.8 Å². The average Bonchev–Trinajstić information content (AvgIpc) is 3.29. The molecule has 0 saturated carbocycles. The van der Waals surface area contributed by atoms with Crippen molar-refractivity contribution in [2.75, 3.05) is 31.1 Å². The molecule has 0 spiro atoms. The zero-order valence-electron chi connectivity index (χ0n) is 21.7. The van der Waals surface area contributed by atoms with Gasteiger partial charge < -0.3 is 19.9 Å². The summed E-state index contributed by atoms with van der Waals surface area (Å²) < 4.78 is 36.0. The summed E-state index contributed by atoms with van der Waals surface area (Å²) in [6.07, 6.45) is -3.06. The first kappa shape index (κ1) is 29.4. The fraction of sp³-hybridized carbons (Fsp3) is 0.400. The number of allylic oxidation sites excluding steroid dienone is 2. The number of carbonyl (C=O) groups is 2. The minimum Gasteiger partial charge on any atom is -0.475 e. The van der Waals surface area contributed by atoms with Crippen LogP contribution < -0.4 is 21.5 Å². The summed E-state index contributed by atoms with van der Waals surface area (Å²) >= 11 is 0. The summed E-state index contributed by atoms with van der Waals surface area (Å²) in [5.41, 5.74) is 1.19. The van der Waals surface area contributed by atoms with E-state index in [4.69, 9.17) is 14.9 Å². The van der Waals surface area contributed by atoms with Crippen LogP contribution in [0.4, 0.5) is 19.1 Å². The molecule has 14 heteroatoms. The number of carboxylic acids is 1. The van der Waals surface area contributed by atoms with Gasteiger partial charge in [0.05, 0.1) is 6.54 Å². The van der Waals surface area contributed by atoms with E-state index in [1.54, 1.807) is 31.3 Å². The van der Waals surface area contributed by atoms with E-state index in [1.807, 2.05) is 30.6 Å². The molecule has 11 nitrogen and oxygen atoms in total. The lowest BCUT2D eigenvalue weighted by Crippen LogP contribution is -2.44. The normalized spacial score (nSPS) is 13.5. The lowest BCUT2D eigenvalue weighted by atomic mass is 10.1. The number of benzene rings is 1. The summed E-state index contributed by atoms with van der Waals surface area (Å²) in [4.78, 5) is 55.0. The molecule has 0 radical (unpaired) electrons. The van der Waals surface area contributed by atoms with Crippen LogP contribution in [0.1, 0.15) is 24.2 Å². The van der Waals surface area contributed by atoms with Crippen LogP contribution >= 0.6 is 0 Å². The van der Waals surface area contributed by atoms with E-state index in [0.29, 0.717) is 29.2 Å². The second-order valence-corrected chi connectivity index (χ2v) is 9.04. The molecule has 2 N–H and O–H groups in total. The second-order valence-electron chi connectivity index (χ2n) is 9.04. The number of carbonyl (C=O) groups excluding carboxylic acids is 1. The first-order valence-electron chi connectivity index (χ1n) is 12.0. The van der Waals surface area contributed by atoms with Crippen molar-refractivity contribution in [3.05, 3.63) is 68.4 Å². The van der Waals surface area contributed by atoms with Crippen molar-refractivity contribution in [3.8, 4) is 0 Å². The first-order valence-corrected chi connectivity index (χ1v) is 12.0. The Labute approximate surface area is 220 Å². The molecule has 0 unspecified atom stereocenters. The number of nitrogens with one attached hydrogen (secondary N) is 1. The summed E-state index contributed by atoms with van der Waals surface area (Å²) in [6, 6.07) is 8.68. The van der Waals surface area contributed by atoms with Crippen molar-refractivity contribution in [3.63, 3.8) is 0 Å². The van der Waals surface area contributed by atoms with Crippen LogP contribution in [-0.2, 0) is 24.9 Å². The number of aryl methyl sites for hydroxylation is 1. The molecule has 2 aromatic heterocycles. The van der Waals surface area contributed by atoms with Crippen LogP contribution in [-0.4, -0.2) is 67.9 Å². The lowest BCUT2D eigenvalue weighted by Gasteiger charge is -2.28. The molecule has 0 bridgehead atoms. The van der Waals surface area contributed by atoms with Gasteiger partial charge in [-0.2, -0.15) is 18.2 Å². The SMILES string of the molecule is CC(C)=CCn1c(N2CCNCC2)nc2c1c(=O)n(CC(=O)c1ccccc1)c(=O)n2C.O=C(O)C(F)(F)F. The molecule has 1 aliphatic rings. The number of piperazine rings is 1. The quantitative estimate of drug-likeness (QED) is 0.351. The van der Waals surface area contributed by atoms with Crippen molar-refractivity contribution < 1.29 is 27.9 Å². The lowest BCUT2D eigenvalue weighted by molar-refractivity contribution is -0.192. The molecular formula is C25H29F3N6O5. The molecule has 1 aliphatic heterocycles. The van der Waals surface area contributed by atoms with Crippen LogP contribution in [0.3, 0.4) is 0 Å². The number of rotatable bonds is 6. The average molecular weight is 551 g/mol. The molecule has 39 heavy (non-hydrogen) atoms. The van der Waals surface area contributed by atoms with E-state index in [-0.39, 0.29) is 12.3 Å². The van der Waals surface area contributed by atoms with Gasteiger partial charge in [-0.1, -0.05) is 42.0 Å². The fourth-order valence-corrected chi connectivity index (χ4v) is 3.91. The van der Waals surface area contributed by atoms with Gasteiger partial charge in [0.2, 0.25) is 5.95 Å². The maximum atomic E-state index is 13.5. The standard InChI is InChI=1S/C23H28N6O3.C2HF3O2/c1-16(2)9-12-28-19-20(25-22(28)27-13-10-24-11-14-27)26(3)23(32)29(21(19)31)15-18(30)17-7-5-4-6-8-17;3-2(4,5)1(6)7/h4-9,24H,10-15H2,1-3H3;(H,6,7). The molecule has 4 rings (SSSR count). The van der Waals surface area contributed by atoms with Crippen LogP contribution in [0, 0.1) is 0 Å². The maximum Gasteiger partial charge on any atom is 0.490 e. The minimum absolute atomic E-state index is 0.290. The number of alkyl halides is 3. The summed E-state index contributed by atoms with van der Waals surface area (Å²) in [5.74, 6) is -2.38. The number of carboxylic acid groups (broad SMARTS) is 1. The molecule has 1 aromatic carbocycles. The van der Waals surface area contributed by atoms with Crippen LogP contribution in [0.2, 0.25) is 0 Å². The van der Waals surface area contributed by atoms with Crippen molar-refractivity contribution in [1.29, 1.82) is 0 Å². The number of imidazole rings is 1. The number of anilines is 1. The zero-order valence-corrected chi connectivity index (χ0v) is 21.7. The highest BCUT2D eigenvalue weighted by Crippen LogP contribution is 2.21. The maximum absolute atomic E-state index is 13.5. The number of hydrogen-bond acceptors (Lipinski definition) is 7. The number of ketones is 1. The summed E-state index contributed by atoms with van der Waals surface area (Å²) in [5, 5.41) is 10.4. The molecule has 3 aromatic rings. The third-order valence-corrected chi connectivity index (χ3v) is 5.93. The number of fused-ring (bicyclic) bond motifs is 1. The Morgan fingerprint density at radius 3 is 2.21 bits per heavy atom. The van der Waals surface area contributed by atoms with E-state index < -0.39 is 23.4 Å². The highest BCUT2D eigenvalue weighted by atomic mass is 19.4. The van der Waals surface area contributed by atoms with Gasteiger partial charge in [0.15, 0.2) is 16.9 Å². The van der Waals surface area contributed by atoms with E-state index in [2.05, 4.69) is 10.2 Å². The van der Waals surface area contributed by atoms with E-state index in [9.17, 15) is 27.6 Å². The Hall–Kier alpha value is -4.20. The fourth-order valence-electron chi connectivity index (χ4n) is 3.91. The largest absolute Gasteiger partial charge is 0.490 e. The van der Waals surface area contributed by atoms with Crippen LogP contribution in [0.25, 0.3) is 11.2 Å². The van der Waals surface area contributed by atoms with Crippen molar-refractivity contribution in [1.82, 2.24) is 24.0 Å². The predicted molar refractivity (Wildman–Crippen MR) is 138 cm³/mol. The summed E-state index contributed by atoms with van der Waals surface area (Å²) in [6.45, 7) is 7.29. The van der Waals surface area contributed by atoms with Gasteiger partial charge in [-0.3, -0.25) is 18.7 Å². The van der Waals surface area contributed by atoms with E-state index in [0.717, 1.165) is 36.3 Å². The Bertz CT molecular complexity index is 1490. The van der Waals surface area contributed by atoms with Crippen LogP contribution in [0.15, 0.2) is 51.6 Å². The molecule has 1 saturated heterocycles. The topological polar surface area (TPSA) is 131 Å². The smallest absolute Gasteiger partial charge is 0.475 e. The number of aliphatic carboxylic acids is 1. The number of aromatic nitrogens is 4. The minimum atomic E-state index is -5.08. The molecule has 210 valence electrons. The van der Waals surface area contributed by atoms with Crippen molar-refractivity contribution in [2.24, 2.45) is 7.05 Å². The van der Waals surface area contributed by atoms with E-state index >= 15 is 0 Å².